The van der Waals surface area contributed by atoms with Crippen LogP contribution in [0, 0.1) is 5.82 Å². The van der Waals surface area contributed by atoms with E-state index in [1.807, 2.05) is 0 Å². The summed E-state index contributed by atoms with van der Waals surface area (Å²) < 4.78 is 23.8. The van der Waals surface area contributed by atoms with Crippen molar-refractivity contribution in [1.82, 2.24) is 0 Å². The lowest BCUT2D eigenvalue weighted by molar-refractivity contribution is -0.146. The third-order valence-electron chi connectivity index (χ3n) is 2.51. The normalized spacial score (nSPS) is 21.7. The number of aliphatic imine (C=N–C) groups is 1. The molecule has 2 unspecified atom stereocenters. The van der Waals surface area contributed by atoms with Gasteiger partial charge in [-0.1, -0.05) is 17.7 Å². The molecule has 1 aliphatic heterocycles. The Morgan fingerprint density at radius 2 is 2.39 bits per heavy atom. The van der Waals surface area contributed by atoms with Crippen LogP contribution in [0.25, 0.3) is 0 Å². The minimum Gasteiger partial charge on any atom is -0.473 e. The van der Waals surface area contributed by atoms with Gasteiger partial charge >= 0.3 is 5.97 Å². The Hall–Kier alpha value is -1.62. The Bertz CT molecular complexity index is 492. The molecule has 0 N–H and O–H groups in total. The van der Waals surface area contributed by atoms with Crippen molar-refractivity contribution in [3.05, 3.63) is 34.6 Å². The van der Waals surface area contributed by atoms with E-state index in [-0.39, 0.29) is 17.2 Å². The van der Waals surface area contributed by atoms with Crippen LogP contribution in [0.15, 0.2) is 23.2 Å². The third kappa shape index (κ3) is 2.46. The second-order valence-electron chi connectivity index (χ2n) is 3.67. The number of ether oxygens (including phenoxy) is 2. The number of nitrogens with zero attached hydrogens (tertiary/aromatic N) is 1. The molecule has 0 aromatic heterocycles. The number of esters is 1. The van der Waals surface area contributed by atoms with Crippen molar-refractivity contribution in [3.63, 3.8) is 0 Å². The first-order valence-electron chi connectivity index (χ1n) is 5.42. The molecule has 0 radical (unpaired) electrons. The number of benzene rings is 1. The number of rotatable bonds is 3. The molecule has 18 heavy (non-hydrogen) atoms. The first kappa shape index (κ1) is 12.8. The Labute approximate surface area is 108 Å². The summed E-state index contributed by atoms with van der Waals surface area (Å²) in [6, 6.07) is 3.30. The summed E-state index contributed by atoms with van der Waals surface area (Å²) in [5.74, 6) is -1.07. The fourth-order valence-corrected chi connectivity index (χ4v) is 1.87. The van der Waals surface area contributed by atoms with Gasteiger partial charge in [-0.3, -0.25) is 0 Å². The zero-order chi connectivity index (χ0) is 13.1. The third-order valence-corrected chi connectivity index (χ3v) is 2.75. The number of hydrogen-bond acceptors (Lipinski definition) is 4. The molecule has 0 saturated heterocycles. The van der Waals surface area contributed by atoms with Crippen LogP contribution in [0.2, 0.25) is 5.02 Å². The standard InChI is InChI=1S/C12H11ClFNO3/c1-2-17-12(16)10-11(18-6-15-10)8-4-3-7(13)5-9(8)14/h3-6,10-11H,2H2,1H3. The van der Waals surface area contributed by atoms with Crippen LogP contribution < -0.4 is 0 Å². The van der Waals surface area contributed by atoms with Gasteiger partial charge in [0.05, 0.1) is 6.61 Å². The summed E-state index contributed by atoms with van der Waals surface area (Å²) in [6.45, 7) is 1.93. The maximum absolute atomic E-state index is 13.8. The lowest BCUT2D eigenvalue weighted by Crippen LogP contribution is -2.26. The van der Waals surface area contributed by atoms with Gasteiger partial charge in [-0.2, -0.15) is 0 Å². The van der Waals surface area contributed by atoms with Crippen molar-refractivity contribution in [2.75, 3.05) is 6.61 Å². The van der Waals surface area contributed by atoms with Crippen LogP contribution >= 0.6 is 11.6 Å². The first-order valence-corrected chi connectivity index (χ1v) is 5.80. The number of hydrogen-bond donors (Lipinski definition) is 0. The molecule has 96 valence electrons. The molecule has 0 bridgehead atoms. The summed E-state index contributed by atoms with van der Waals surface area (Å²) in [4.78, 5) is 15.5. The minimum absolute atomic E-state index is 0.231. The first-order chi connectivity index (χ1) is 8.63. The summed E-state index contributed by atoms with van der Waals surface area (Å²) in [7, 11) is 0. The van der Waals surface area contributed by atoms with Gasteiger partial charge in [0.2, 0.25) is 0 Å². The number of carbonyl (C=O) groups is 1. The topological polar surface area (TPSA) is 47.9 Å². The van der Waals surface area contributed by atoms with Gasteiger partial charge in [0.1, 0.15) is 5.82 Å². The molecule has 0 amide bonds. The van der Waals surface area contributed by atoms with E-state index in [0.29, 0.717) is 0 Å². The Morgan fingerprint density at radius 3 is 3.06 bits per heavy atom. The lowest BCUT2D eigenvalue weighted by Gasteiger charge is -2.16. The molecule has 0 spiro atoms. The van der Waals surface area contributed by atoms with E-state index in [4.69, 9.17) is 21.1 Å². The van der Waals surface area contributed by atoms with Crippen LogP contribution in [0.3, 0.4) is 0 Å². The van der Waals surface area contributed by atoms with E-state index in [0.717, 1.165) is 6.40 Å². The number of carbonyl (C=O) groups excluding carboxylic acids is 1. The molecule has 1 aliphatic rings. The van der Waals surface area contributed by atoms with E-state index >= 15 is 0 Å². The van der Waals surface area contributed by atoms with Crippen molar-refractivity contribution in [2.45, 2.75) is 19.1 Å². The van der Waals surface area contributed by atoms with Gasteiger partial charge in [-0.25, -0.2) is 14.2 Å². The van der Waals surface area contributed by atoms with E-state index in [1.54, 1.807) is 6.92 Å². The molecule has 6 heteroatoms. The lowest BCUT2D eigenvalue weighted by atomic mass is 10.0. The van der Waals surface area contributed by atoms with Crippen LogP contribution in [-0.2, 0) is 14.3 Å². The van der Waals surface area contributed by atoms with Crippen molar-refractivity contribution in [1.29, 1.82) is 0 Å². The second-order valence-corrected chi connectivity index (χ2v) is 4.11. The zero-order valence-corrected chi connectivity index (χ0v) is 10.4. The molecular formula is C12H11ClFNO3. The smallest absolute Gasteiger partial charge is 0.335 e. The summed E-state index contributed by atoms with van der Waals surface area (Å²) >= 11 is 5.67. The molecule has 4 nitrogen and oxygen atoms in total. The van der Waals surface area contributed by atoms with Crippen molar-refractivity contribution in [3.8, 4) is 0 Å². The summed E-state index contributed by atoms with van der Waals surface area (Å²) in [5, 5.41) is 0.280. The maximum Gasteiger partial charge on any atom is 0.335 e. The van der Waals surface area contributed by atoms with E-state index < -0.39 is 23.9 Å². The molecule has 0 saturated carbocycles. The monoisotopic (exact) mass is 271 g/mol. The molecule has 1 aromatic carbocycles. The molecule has 0 fully saturated rings. The fourth-order valence-electron chi connectivity index (χ4n) is 1.71. The average molecular weight is 272 g/mol. The van der Waals surface area contributed by atoms with E-state index in [9.17, 15) is 9.18 Å². The maximum atomic E-state index is 13.8. The summed E-state index contributed by atoms with van der Waals surface area (Å²) in [5.41, 5.74) is 0.231. The van der Waals surface area contributed by atoms with Gasteiger partial charge in [-0.15, -0.1) is 0 Å². The summed E-state index contributed by atoms with van der Waals surface area (Å²) in [6.07, 6.45) is 0.335. The highest BCUT2D eigenvalue weighted by Gasteiger charge is 2.36. The fraction of sp³-hybridized carbons (Fsp3) is 0.333. The molecule has 1 aromatic rings. The minimum atomic E-state index is -0.874. The highest BCUT2D eigenvalue weighted by Crippen LogP contribution is 2.30. The van der Waals surface area contributed by atoms with Gasteiger partial charge in [0, 0.05) is 10.6 Å². The van der Waals surface area contributed by atoms with E-state index in [1.165, 1.54) is 18.2 Å². The zero-order valence-electron chi connectivity index (χ0n) is 9.60. The largest absolute Gasteiger partial charge is 0.473 e. The van der Waals surface area contributed by atoms with Gasteiger partial charge in [0.25, 0.3) is 0 Å². The predicted molar refractivity (Wildman–Crippen MR) is 64.1 cm³/mol. The Balaban J connectivity index is 2.24. The van der Waals surface area contributed by atoms with Gasteiger partial charge in [-0.05, 0) is 19.1 Å². The van der Waals surface area contributed by atoms with Crippen LogP contribution in [0.5, 0.6) is 0 Å². The van der Waals surface area contributed by atoms with Gasteiger partial charge in [0.15, 0.2) is 18.5 Å². The van der Waals surface area contributed by atoms with E-state index in [2.05, 4.69) is 4.99 Å². The van der Waals surface area contributed by atoms with Crippen LogP contribution in [0.1, 0.15) is 18.6 Å². The molecule has 1 heterocycles. The number of halogens is 2. The van der Waals surface area contributed by atoms with Gasteiger partial charge < -0.3 is 9.47 Å². The van der Waals surface area contributed by atoms with Crippen molar-refractivity contribution in [2.24, 2.45) is 4.99 Å². The highest BCUT2D eigenvalue weighted by molar-refractivity contribution is 6.30. The van der Waals surface area contributed by atoms with Crippen molar-refractivity contribution >= 4 is 24.0 Å². The molecular weight excluding hydrogens is 261 g/mol. The predicted octanol–water partition coefficient (Wildman–Crippen LogP) is 2.51. The Kier molecular flexibility index (Phi) is 3.81. The van der Waals surface area contributed by atoms with Crippen molar-refractivity contribution < 1.29 is 18.7 Å². The van der Waals surface area contributed by atoms with Crippen LogP contribution in [0.4, 0.5) is 4.39 Å². The van der Waals surface area contributed by atoms with Crippen LogP contribution in [-0.4, -0.2) is 25.0 Å². The highest BCUT2D eigenvalue weighted by atomic mass is 35.5. The quantitative estimate of drug-likeness (QED) is 0.794. The molecule has 2 rings (SSSR count). The SMILES string of the molecule is CCOC(=O)C1N=COC1c1ccc(Cl)cc1F. The Morgan fingerprint density at radius 1 is 1.61 bits per heavy atom. The second kappa shape index (κ2) is 5.35. The molecule has 2 atom stereocenters. The average Bonchev–Trinajstić information content (AvgIpc) is 2.78. The molecule has 0 aliphatic carbocycles.